The molecule has 0 aliphatic heterocycles. The molecule has 0 saturated carbocycles. The first-order valence-electron chi connectivity index (χ1n) is 2.86. The van der Waals surface area contributed by atoms with Crippen LogP contribution in [-0.2, 0) is 0 Å². The first-order chi connectivity index (χ1) is 3.27. The molecular formula is C6H14N. The summed E-state index contributed by atoms with van der Waals surface area (Å²) in [5, 5.41) is 0. The van der Waals surface area contributed by atoms with E-state index < -0.39 is 0 Å². The summed E-state index contributed by atoms with van der Waals surface area (Å²) in [5.74, 6) is 0. The van der Waals surface area contributed by atoms with Crippen LogP contribution in [0.25, 0.3) is 0 Å². The predicted octanol–water partition coefficient (Wildman–Crippen LogP) is 1.34. The van der Waals surface area contributed by atoms with Crippen LogP contribution < -0.4 is 5.73 Å². The Morgan fingerprint density at radius 1 is 1.71 bits per heavy atom. The van der Waals surface area contributed by atoms with Gasteiger partial charge in [-0.2, -0.15) is 0 Å². The minimum absolute atomic E-state index is 0.153. The number of rotatable bonds is 3. The Kier molecular flexibility index (Phi) is 4.10. The molecular weight excluding hydrogens is 86.1 g/mol. The zero-order chi connectivity index (χ0) is 5.70. The van der Waals surface area contributed by atoms with Gasteiger partial charge in [-0.3, -0.25) is 0 Å². The summed E-state index contributed by atoms with van der Waals surface area (Å²) in [5.41, 5.74) is 5.37. The smallest absolute Gasteiger partial charge is 0.00394 e. The van der Waals surface area contributed by atoms with E-state index in [0.29, 0.717) is 0 Å². The van der Waals surface area contributed by atoms with Gasteiger partial charge in [-0.1, -0.05) is 19.8 Å². The van der Waals surface area contributed by atoms with E-state index >= 15 is 0 Å². The quantitative estimate of drug-likeness (QED) is 0.569. The molecule has 0 aliphatic carbocycles. The largest absolute Gasteiger partial charge is 0.328 e. The molecule has 0 amide bonds. The second-order valence-electron chi connectivity index (χ2n) is 1.90. The Hall–Kier alpha value is -0.0400. The lowest BCUT2D eigenvalue weighted by Crippen LogP contribution is -2.14. The van der Waals surface area contributed by atoms with Crippen LogP contribution in [0.3, 0.4) is 0 Å². The van der Waals surface area contributed by atoms with E-state index in [1.165, 1.54) is 12.8 Å². The molecule has 7 heavy (non-hydrogen) atoms. The van der Waals surface area contributed by atoms with Gasteiger partial charge in [-0.25, -0.2) is 0 Å². The van der Waals surface area contributed by atoms with Crippen molar-refractivity contribution in [3.05, 3.63) is 6.92 Å². The van der Waals surface area contributed by atoms with Crippen LogP contribution in [0, 0.1) is 6.92 Å². The van der Waals surface area contributed by atoms with E-state index in [0.717, 1.165) is 6.42 Å². The van der Waals surface area contributed by atoms with Crippen molar-refractivity contribution in [3.8, 4) is 0 Å². The normalized spacial score (nSPS) is 14.1. The van der Waals surface area contributed by atoms with Crippen molar-refractivity contribution in [3.63, 3.8) is 0 Å². The molecule has 0 bridgehead atoms. The maximum Gasteiger partial charge on any atom is 0.00394 e. The van der Waals surface area contributed by atoms with Crippen LogP contribution >= 0.6 is 0 Å². The van der Waals surface area contributed by atoms with Gasteiger partial charge in [0.2, 0.25) is 0 Å². The standard InChI is InChI=1S/C6H14N/c1-3-4-5-6(2)7/h6H,2-5,7H2,1H3/t6-/m0/s1. The lowest BCUT2D eigenvalue weighted by molar-refractivity contribution is 0.653. The van der Waals surface area contributed by atoms with Crippen molar-refractivity contribution in [1.29, 1.82) is 0 Å². The van der Waals surface area contributed by atoms with E-state index in [1.54, 1.807) is 0 Å². The zero-order valence-corrected chi connectivity index (χ0v) is 4.98. The minimum atomic E-state index is 0.153. The molecule has 0 spiro atoms. The average Bonchev–Trinajstić information content (AvgIpc) is 1.61. The number of unbranched alkanes of at least 4 members (excludes halogenated alkanes) is 1. The van der Waals surface area contributed by atoms with Gasteiger partial charge in [0.15, 0.2) is 0 Å². The highest BCUT2D eigenvalue weighted by Gasteiger charge is 1.88. The molecule has 1 nitrogen and oxygen atoms in total. The first kappa shape index (κ1) is 6.96. The number of hydrogen-bond donors (Lipinski definition) is 1. The molecule has 0 aromatic heterocycles. The van der Waals surface area contributed by atoms with Gasteiger partial charge in [0.05, 0.1) is 0 Å². The summed E-state index contributed by atoms with van der Waals surface area (Å²) >= 11 is 0. The third-order valence-electron chi connectivity index (χ3n) is 0.928. The highest BCUT2D eigenvalue weighted by molar-refractivity contribution is 4.60. The predicted molar refractivity (Wildman–Crippen MR) is 32.9 cm³/mol. The number of hydrogen-bond acceptors (Lipinski definition) is 1. The Bertz CT molecular complexity index is 33.2. The molecule has 0 fully saturated rings. The lowest BCUT2D eigenvalue weighted by atomic mass is 10.2. The fraction of sp³-hybridized carbons (Fsp3) is 0.833. The molecule has 1 atom stereocenters. The Labute approximate surface area is 45.9 Å². The molecule has 0 heterocycles. The van der Waals surface area contributed by atoms with E-state index in [4.69, 9.17) is 5.73 Å². The van der Waals surface area contributed by atoms with Gasteiger partial charge in [0.1, 0.15) is 0 Å². The Morgan fingerprint density at radius 3 is 2.43 bits per heavy atom. The maximum absolute atomic E-state index is 5.37. The minimum Gasteiger partial charge on any atom is -0.328 e. The topological polar surface area (TPSA) is 26.0 Å². The highest BCUT2D eigenvalue weighted by atomic mass is 14.6. The molecule has 1 radical (unpaired) electrons. The molecule has 0 aliphatic rings. The van der Waals surface area contributed by atoms with Crippen molar-refractivity contribution in [1.82, 2.24) is 0 Å². The molecule has 0 saturated heterocycles. The van der Waals surface area contributed by atoms with E-state index in [2.05, 4.69) is 13.8 Å². The molecule has 43 valence electrons. The monoisotopic (exact) mass is 100 g/mol. The summed E-state index contributed by atoms with van der Waals surface area (Å²) in [6, 6.07) is 0.153. The van der Waals surface area contributed by atoms with Crippen LogP contribution in [0.4, 0.5) is 0 Å². The SMILES string of the molecule is [CH2][C@H](N)CCCC. The molecule has 2 N–H and O–H groups in total. The lowest BCUT2D eigenvalue weighted by Gasteiger charge is -1.99. The second-order valence-corrected chi connectivity index (χ2v) is 1.90. The zero-order valence-electron chi connectivity index (χ0n) is 4.98. The second kappa shape index (κ2) is 4.13. The third-order valence-corrected chi connectivity index (χ3v) is 0.928. The van der Waals surface area contributed by atoms with Gasteiger partial charge in [0.25, 0.3) is 0 Å². The van der Waals surface area contributed by atoms with E-state index in [9.17, 15) is 0 Å². The Balaban J connectivity index is 2.68. The van der Waals surface area contributed by atoms with E-state index in [1.807, 2.05) is 0 Å². The summed E-state index contributed by atoms with van der Waals surface area (Å²) in [4.78, 5) is 0. The van der Waals surface area contributed by atoms with Crippen molar-refractivity contribution in [2.75, 3.05) is 0 Å². The highest BCUT2D eigenvalue weighted by Crippen LogP contribution is 1.94. The van der Waals surface area contributed by atoms with Crippen molar-refractivity contribution in [2.45, 2.75) is 32.2 Å². The van der Waals surface area contributed by atoms with Crippen molar-refractivity contribution >= 4 is 0 Å². The van der Waals surface area contributed by atoms with Gasteiger partial charge < -0.3 is 5.73 Å². The fourth-order valence-corrected chi connectivity index (χ4v) is 0.466. The molecule has 1 heteroatoms. The summed E-state index contributed by atoms with van der Waals surface area (Å²) in [7, 11) is 0. The maximum atomic E-state index is 5.37. The summed E-state index contributed by atoms with van der Waals surface area (Å²) in [6.07, 6.45) is 3.50. The van der Waals surface area contributed by atoms with Crippen molar-refractivity contribution < 1.29 is 0 Å². The van der Waals surface area contributed by atoms with Crippen LogP contribution in [0.5, 0.6) is 0 Å². The van der Waals surface area contributed by atoms with Crippen molar-refractivity contribution in [2.24, 2.45) is 5.73 Å². The van der Waals surface area contributed by atoms with Crippen LogP contribution in [-0.4, -0.2) is 6.04 Å². The molecule has 0 aromatic carbocycles. The Morgan fingerprint density at radius 2 is 2.29 bits per heavy atom. The van der Waals surface area contributed by atoms with Gasteiger partial charge in [-0.15, -0.1) is 0 Å². The molecule has 0 rings (SSSR count). The van der Waals surface area contributed by atoms with Gasteiger partial charge in [-0.05, 0) is 13.3 Å². The van der Waals surface area contributed by atoms with Crippen LogP contribution in [0.15, 0.2) is 0 Å². The van der Waals surface area contributed by atoms with Gasteiger partial charge in [0, 0.05) is 6.04 Å². The fourth-order valence-electron chi connectivity index (χ4n) is 0.466. The first-order valence-corrected chi connectivity index (χ1v) is 2.86. The molecule has 0 aromatic rings. The van der Waals surface area contributed by atoms with E-state index in [-0.39, 0.29) is 6.04 Å². The third kappa shape index (κ3) is 5.96. The summed E-state index contributed by atoms with van der Waals surface area (Å²) in [6.45, 7) is 5.81. The summed E-state index contributed by atoms with van der Waals surface area (Å²) < 4.78 is 0. The molecule has 0 unspecified atom stereocenters. The van der Waals surface area contributed by atoms with Crippen LogP contribution in [0.1, 0.15) is 26.2 Å². The van der Waals surface area contributed by atoms with Crippen LogP contribution in [0.2, 0.25) is 0 Å². The average molecular weight is 100 g/mol. The number of nitrogens with two attached hydrogens (primary N) is 1. The van der Waals surface area contributed by atoms with Gasteiger partial charge >= 0.3 is 0 Å².